The van der Waals surface area contributed by atoms with Crippen LogP contribution in [-0.4, -0.2) is 24.3 Å². The predicted molar refractivity (Wildman–Crippen MR) is 58.1 cm³/mol. The van der Waals surface area contributed by atoms with E-state index < -0.39 is 11.4 Å². The number of carboxylic acids is 1. The fourth-order valence-electron chi connectivity index (χ4n) is 2.83. The van der Waals surface area contributed by atoms with Gasteiger partial charge in [0.25, 0.3) is 0 Å². The molecule has 0 bridgehead atoms. The molecule has 1 aliphatic carbocycles. The lowest BCUT2D eigenvalue weighted by molar-refractivity contribution is -0.140. The molecule has 1 saturated heterocycles. The summed E-state index contributed by atoms with van der Waals surface area (Å²) >= 11 is 0. The van der Waals surface area contributed by atoms with Gasteiger partial charge >= 0.3 is 5.97 Å². The number of rotatable bonds is 3. The van der Waals surface area contributed by atoms with Crippen LogP contribution in [0.5, 0.6) is 0 Å². The van der Waals surface area contributed by atoms with Crippen LogP contribution in [0.25, 0.3) is 0 Å². The van der Waals surface area contributed by atoms with Crippen LogP contribution < -0.4 is 0 Å². The Morgan fingerprint density at radius 3 is 2.59 bits per heavy atom. The Labute approximate surface area is 98.2 Å². The van der Waals surface area contributed by atoms with Crippen molar-refractivity contribution in [3.8, 4) is 0 Å². The minimum absolute atomic E-state index is 0.0191. The second-order valence-corrected chi connectivity index (χ2v) is 4.92. The number of ether oxygens (including phenoxy) is 1. The van der Waals surface area contributed by atoms with Crippen molar-refractivity contribution in [2.75, 3.05) is 13.2 Å². The van der Waals surface area contributed by atoms with Gasteiger partial charge in [0.2, 0.25) is 0 Å². The van der Waals surface area contributed by atoms with E-state index in [-0.39, 0.29) is 17.7 Å². The highest BCUT2D eigenvalue weighted by molar-refractivity contribution is 5.74. The van der Waals surface area contributed by atoms with Crippen molar-refractivity contribution >= 4 is 5.97 Å². The van der Waals surface area contributed by atoms with Crippen LogP contribution in [-0.2, 0) is 14.9 Å². The molecule has 0 amide bonds. The third-order valence-corrected chi connectivity index (χ3v) is 3.95. The lowest BCUT2D eigenvalue weighted by Gasteiger charge is -2.42. The largest absolute Gasteiger partial charge is 0.481 e. The lowest BCUT2D eigenvalue weighted by atomic mass is 9.73. The highest BCUT2D eigenvalue weighted by Crippen LogP contribution is 2.56. The molecule has 90 valence electrons. The van der Waals surface area contributed by atoms with Crippen LogP contribution in [0.2, 0.25) is 0 Å². The van der Waals surface area contributed by atoms with Gasteiger partial charge in [0.15, 0.2) is 0 Å². The van der Waals surface area contributed by atoms with E-state index >= 15 is 0 Å². The van der Waals surface area contributed by atoms with Crippen LogP contribution in [0.4, 0.5) is 4.39 Å². The van der Waals surface area contributed by atoms with Gasteiger partial charge in [-0.1, -0.05) is 18.2 Å². The molecule has 2 fully saturated rings. The summed E-state index contributed by atoms with van der Waals surface area (Å²) < 4.78 is 19.0. The zero-order chi connectivity index (χ0) is 12.0. The van der Waals surface area contributed by atoms with E-state index in [1.54, 1.807) is 18.2 Å². The molecule has 1 aromatic rings. The fourth-order valence-corrected chi connectivity index (χ4v) is 2.83. The Morgan fingerprint density at radius 1 is 1.41 bits per heavy atom. The van der Waals surface area contributed by atoms with Gasteiger partial charge in [-0.25, -0.2) is 4.39 Å². The number of aliphatic carboxylic acids is 1. The maximum absolute atomic E-state index is 13.8. The number of benzene rings is 1. The van der Waals surface area contributed by atoms with Crippen molar-refractivity contribution < 1.29 is 19.0 Å². The molecular formula is C13H13FO3. The van der Waals surface area contributed by atoms with Gasteiger partial charge in [0, 0.05) is 5.41 Å². The quantitative estimate of drug-likeness (QED) is 0.870. The Balaban J connectivity index is 1.94. The van der Waals surface area contributed by atoms with E-state index in [1.165, 1.54) is 6.07 Å². The average Bonchev–Trinajstić information content (AvgIpc) is 2.99. The zero-order valence-corrected chi connectivity index (χ0v) is 9.23. The zero-order valence-electron chi connectivity index (χ0n) is 9.23. The van der Waals surface area contributed by atoms with Crippen molar-refractivity contribution in [1.29, 1.82) is 0 Å². The number of hydrogen-bond donors (Lipinski definition) is 1. The normalized spacial score (nSPS) is 29.5. The molecule has 2 aliphatic rings. The molecule has 2 unspecified atom stereocenters. The molecule has 2 atom stereocenters. The minimum Gasteiger partial charge on any atom is -0.481 e. The molecular weight excluding hydrogens is 223 g/mol. The van der Waals surface area contributed by atoms with Gasteiger partial charge in [-0.2, -0.15) is 0 Å². The Kier molecular flexibility index (Phi) is 2.23. The van der Waals surface area contributed by atoms with E-state index in [9.17, 15) is 9.18 Å². The van der Waals surface area contributed by atoms with Crippen molar-refractivity contribution in [3.05, 3.63) is 35.6 Å². The third kappa shape index (κ3) is 1.47. The topological polar surface area (TPSA) is 46.5 Å². The van der Waals surface area contributed by atoms with Gasteiger partial charge in [-0.05, 0) is 24.0 Å². The summed E-state index contributed by atoms with van der Waals surface area (Å²) in [5.41, 5.74) is 0.203. The molecule has 1 N–H and O–H groups in total. The molecule has 0 radical (unpaired) electrons. The van der Waals surface area contributed by atoms with Gasteiger partial charge in [0.1, 0.15) is 5.82 Å². The average molecular weight is 236 g/mol. The number of halogens is 1. The van der Waals surface area contributed by atoms with Crippen molar-refractivity contribution in [1.82, 2.24) is 0 Å². The first-order valence-corrected chi connectivity index (χ1v) is 5.71. The molecule has 1 aliphatic heterocycles. The van der Waals surface area contributed by atoms with Crippen LogP contribution in [0.3, 0.4) is 0 Å². The predicted octanol–water partition coefficient (Wildman–Crippen LogP) is 1.81. The molecule has 1 aromatic carbocycles. The summed E-state index contributed by atoms with van der Waals surface area (Å²) in [5, 5.41) is 8.99. The second kappa shape index (κ2) is 3.53. The Morgan fingerprint density at radius 2 is 2.12 bits per heavy atom. The number of carboxylic acid groups (broad SMARTS) is 1. The maximum Gasteiger partial charge on any atom is 0.306 e. The standard InChI is InChI=1S/C13H13FO3/c14-11-4-2-1-3-9(11)13(6-17-7-13)10-5-8(10)12(15)16/h1-4,8,10H,5-7H2,(H,15,16). The van der Waals surface area contributed by atoms with Crippen LogP contribution in [0.1, 0.15) is 12.0 Å². The molecule has 17 heavy (non-hydrogen) atoms. The van der Waals surface area contributed by atoms with Gasteiger partial charge in [-0.3, -0.25) is 4.79 Å². The van der Waals surface area contributed by atoms with E-state index in [4.69, 9.17) is 9.84 Å². The summed E-state index contributed by atoms with van der Waals surface area (Å²) in [6.07, 6.45) is 0.632. The van der Waals surface area contributed by atoms with Crippen LogP contribution in [0, 0.1) is 17.7 Å². The molecule has 3 rings (SSSR count). The second-order valence-electron chi connectivity index (χ2n) is 4.92. The third-order valence-electron chi connectivity index (χ3n) is 3.95. The molecule has 0 aromatic heterocycles. The highest BCUT2D eigenvalue weighted by Gasteiger charge is 2.60. The maximum atomic E-state index is 13.8. The summed E-state index contributed by atoms with van der Waals surface area (Å²) in [4.78, 5) is 10.9. The first kappa shape index (κ1) is 10.7. The molecule has 3 nitrogen and oxygen atoms in total. The first-order chi connectivity index (χ1) is 8.15. The lowest BCUT2D eigenvalue weighted by Crippen LogP contribution is -2.50. The fraction of sp³-hybridized carbons (Fsp3) is 0.462. The highest BCUT2D eigenvalue weighted by atomic mass is 19.1. The number of carbonyl (C=O) groups is 1. The monoisotopic (exact) mass is 236 g/mol. The van der Waals surface area contributed by atoms with Crippen LogP contribution >= 0.6 is 0 Å². The van der Waals surface area contributed by atoms with E-state index in [0.717, 1.165) is 0 Å². The molecule has 4 heteroatoms. The Bertz CT molecular complexity index is 467. The Hall–Kier alpha value is -1.42. The van der Waals surface area contributed by atoms with Gasteiger partial charge < -0.3 is 9.84 Å². The summed E-state index contributed by atoms with van der Waals surface area (Å²) in [6.45, 7) is 0.866. The summed E-state index contributed by atoms with van der Waals surface area (Å²) in [5.74, 6) is -1.35. The molecule has 1 saturated carbocycles. The van der Waals surface area contributed by atoms with E-state index in [2.05, 4.69) is 0 Å². The van der Waals surface area contributed by atoms with E-state index in [0.29, 0.717) is 25.2 Å². The first-order valence-electron chi connectivity index (χ1n) is 5.71. The SMILES string of the molecule is O=C(O)C1CC1C1(c2ccccc2F)COC1. The van der Waals surface area contributed by atoms with E-state index in [1.807, 2.05) is 0 Å². The van der Waals surface area contributed by atoms with Crippen LogP contribution in [0.15, 0.2) is 24.3 Å². The number of hydrogen-bond acceptors (Lipinski definition) is 2. The summed E-state index contributed by atoms with van der Waals surface area (Å²) in [6, 6.07) is 6.60. The summed E-state index contributed by atoms with van der Waals surface area (Å²) in [7, 11) is 0. The minimum atomic E-state index is -0.780. The van der Waals surface area contributed by atoms with Gasteiger partial charge in [0.05, 0.1) is 19.1 Å². The smallest absolute Gasteiger partial charge is 0.306 e. The molecule has 0 spiro atoms. The van der Waals surface area contributed by atoms with Crippen molar-refractivity contribution in [2.45, 2.75) is 11.8 Å². The van der Waals surface area contributed by atoms with Gasteiger partial charge in [-0.15, -0.1) is 0 Å². The molecule has 1 heterocycles. The van der Waals surface area contributed by atoms with Crippen molar-refractivity contribution in [2.24, 2.45) is 11.8 Å². The van der Waals surface area contributed by atoms with Crippen molar-refractivity contribution in [3.63, 3.8) is 0 Å².